The summed E-state index contributed by atoms with van der Waals surface area (Å²) < 4.78 is 0. The lowest BCUT2D eigenvalue weighted by atomic mass is 9.99. The highest BCUT2D eigenvalue weighted by atomic mass is 16.1. The van der Waals surface area contributed by atoms with Crippen molar-refractivity contribution in [1.29, 1.82) is 0 Å². The van der Waals surface area contributed by atoms with Gasteiger partial charge in [-0.1, -0.05) is 26.8 Å². The first-order chi connectivity index (χ1) is 4.76. The van der Waals surface area contributed by atoms with Crippen LogP contribution >= 0.6 is 0 Å². The maximum atomic E-state index is 10.4. The summed E-state index contributed by atoms with van der Waals surface area (Å²) in [6.07, 6.45) is 4.97. The van der Waals surface area contributed by atoms with Crippen LogP contribution in [0.5, 0.6) is 0 Å². The fourth-order valence-corrected chi connectivity index (χ4v) is 0.837. The molecule has 0 fully saturated rings. The summed E-state index contributed by atoms with van der Waals surface area (Å²) >= 11 is 0. The van der Waals surface area contributed by atoms with Crippen LogP contribution in [0.25, 0.3) is 0 Å². The molecule has 1 atom stereocenters. The molecule has 10 heavy (non-hydrogen) atoms. The van der Waals surface area contributed by atoms with E-state index in [1.807, 2.05) is 13.0 Å². The van der Waals surface area contributed by atoms with Crippen LogP contribution in [0.3, 0.4) is 0 Å². The fourth-order valence-electron chi connectivity index (χ4n) is 0.837. The second-order valence-corrected chi connectivity index (χ2v) is 2.54. The Kier molecular flexibility index (Phi) is 4.91. The van der Waals surface area contributed by atoms with Gasteiger partial charge in [0.15, 0.2) is 0 Å². The summed E-state index contributed by atoms with van der Waals surface area (Å²) in [6, 6.07) is 0. The van der Waals surface area contributed by atoms with Crippen LogP contribution in [0.1, 0.15) is 33.6 Å². The van der Waals surface area contributed by atoms with Gasteiger partial charge in [0.2, 0.25) is 0 Å². The first kappa shape index (κ1) is 9.41. The van der Waals surface area contributed by atoms with Gasteiger partial charge in [0, 0.05) is 0 Å². The number of rotatable bonds is 4. The maximum absolute atomic E-state index is 10.4. The highest BCUT2D eigenvalue weighted by molar-refractivity contribution is 5.73. The minimum absolute atomic E-state index is 0.428. The van der Waals surface area contributed by atoms with Crippen LogP contribution in [0, 0.1) is 5.92 Å². The number of carbonyl (C=O) groups is 1. The van der Waals surface area contributed by atoms with E-state index in [2.05, 4.69) is 13.8 Å². The van der Waals surface area contributed by atoms with Crippen molar-refractivity contribution in [2.75, 3.05) is 0 Å². The molecule has 0 amide bonds. The molecule has 0 radical (unpaired) electrons. The quantitative estimate of drug-likeness (QED) is 0.433. The van der Waals surface area contributed by atoms with Gasteiger partial charge in [-0.3, -0.25) is 4.79 Å². The molecule has 0 aromatic rings. The van der Waals surface area contributed by atoms with Crippen molar-refractivity contribution in [3.63, 3.8) is 0 Å². The summed E-state index contributed by atoms with van der Waals surface area (Å²) in [5.41, 5.74) is 0.949. The summed E-state index contributed by atoms with van der Waals surface area (Å²) in [7, 11) is 0. The van der Waals surface area contributed by atoms with E-state index >= 15 is 0 Å². The van der Waals surface area contributed by atoms with E-state index in [1.54, 1.807) is 0 Å². The van der Waals surface area contributed by atoms with Gasteiger partial charge in [0.05, 0.1) is 0 Å². The lowest BCUT2D eigenvalue weighted by Gasteiger charge is -2.05. The second-order valence-electron chi connectivity index (χ2n) is 2.54. The highest BCUT2D eigenvalue weighted by Crippen LogP contribution is 2.11. The van der Waals surface area contributed by atoms with Gasteiger partial charge >= 0.3 is 0 Å². The summed E-state index contributed by atoms with van der Waals surface area (Å²) in [6.45, 7) is 6.22. The molecule has 0 bridgehead atoms. The van der Waals surface area contributed by atoms with Gasteiger partial charge in [-0.2, -0.15) is 0 Å². The van der Waals surface area contributed by atoms with Gasteiger partial charge in [-0.25, -0.2) is 0 Å². The van der Waals surface area contributed by atoms with E-state index < -0.39 is 0 Å². The minimum Gasteiger partial charge on any atom is -0.298 e. The van der Waals surface area contributed by atoms with Crippen LogP contribution < -0.4 is 0 Å². The molecular weight excluding hydrogens is 124 g/mol. The third kappa shape index (κ3) is 2.81. The molecule has 0 aliphatic rings. The zero-order valence-electron chi connectivity index (χ0n) is 7.05. The molecule has 0 saturated heterocycles. The van der Waals surface area contributed by atoms with Crippen molar-refractivity contribution < 1.29 is 4.79 Å². The Morgan fingerprint density at radius 1 is 1.50 bits per heavy atom. The van der Waals surface area contributed by atoms with Gasteiger partial charge < -0.3 is 0 Å². The van der Waals surface area contributed by atoms with E-state index in [9.17, 15) is 4.79 Å². The Morgan fingerprint density at radius 3 is 2.40 bits per heavy atom. The van der Waals surface area contributed by atoms with E-state index in [0.29, 0.717) is 5.92 Å². The van der Waals surface area contributed by atoms with Gasteiger partial charge in [0.1, 0.15) is 6.29 Å². The van der Waals surface area contributed by atoms with E-state index in [-0.39, 0.29) is 0 Å². The van der Waals surface area contributed by atoms with Crippen LogP contribution in [0.15, 0.2) is 11.6 Å². The standard InChI is InChI=1S/C9H16O/c1-4-6-9(7-10)8(3)5-2/h6-8H,4-5H2,1-3H3/b9-6-. The number of carbonyl (C=O) groups excluding carboxylic acids is 1. The number of hydrogen-bond acceptors (Lipinski definition) is 1. The van der Waals surface area contributed by atoms with E-state index in [1.165, 1.54) is 0 Å². The molecule has 0 aromatic carbocycles. The lowest BCUT2D eigenvalue weighted by Crippen LogP contribution is -1.98. The Morgan fingerprint density at radius 2 is 2.10 bits per heavy atom. The number of hydrogen-bond donors (Lipinski definition) is 0. The highest BCUT2D eigenvalue weighted by Gasteiger charge is 2.02. The van der Waals surface area contributed by atoms with Crippen molar-refractivity contribution in [3.05, 3.63) is 11.6 Å². The Bertz CT molecular complexity index is 125. The predicted molar refractivity (Wildman–Crippen MR) is 43.9 cm³/mol. The fraction of sp³-hybridized carbons (Fsp3) is 0.667. The lowest BCUT2D eigenvalue weighted by molar-refractivity contribution is -0.105. The minimum atomic E-state index is 0.428. The number of allylic oxidation sites excluding steroid dienone is 2. The summed E-state index contributed by atoms with van der Waals surface area (Å²) in [4.78, 5) is 10.4. The summed E-state index contributed by atoms with van der Waals surface area (Å²) in [5.74, 6) is 0.428. The van der Waals surface area contributed by atoms with Gasteiger partial charge in [0.25, 0.3) is 0 Å². The maximum Gasteiger partial charge on any atom is 0.145 e. The molecule has 0 aromatic heterocycles. The van der Waals surface area contributed by atoms with Gasteiger partial charge in [-0.15, -0.1) is 0 Å². The van der Waals surface area contributed by atoms with Crippen molar-refractivity contribution in [2.24, 2.45) is 5.92 Å². The smallest absolute Gasteiger partial charge is 0.145 e. The molecule has 0 aliphatic carbocycles. The molecule has 1 nitrogen and oxygen atoms in total. The second kappa shape index (κ2) is 5.21. The van der Waals surface area contributed by atoms with E-state index in [0.717, 1.165) is 24.7 Å². The third-order valence-electron chi connectivity index (χ3n) is 1.76. The average molecular weight is 140 g/mol. The predicted octanol–water partition coefficient (Wildman–Crippen LogP) is 2.57. The molecule has 1 heteroatoms. The topological polar surface area (TPSA) is 17.1 Å². The van der Waals surface area contributed by atoms with Crippen molar-refractivity contribution in [1.82, 2.24) is 0 Å². The zero-order valence-corrected chi connectivity index (χ0v) is 7.05. The number of aldehydes is 1. The van der Waals surface area contributed by atoms with Gasteiger partial charge in [-0.05, 0) is 24.3 Å². The monoisotopic (exact) mass is 140 g/mol. The largest absolute Gasteiger partial charge is 0.298 e. The first-order valence-electron chi connectivity index (χ1n) is 3.91. The normalized spacial score (nSPS) is 14.9. The van der Waals surface area contributed by atoms with E-state index in [4.69, 9.17) is 0 Å². The molecule has 0 spiro atoms. The molecule has 0 rings (SSSR count). The Hall–Kier alpha value is -0.590. The van der Waals surface area contributed by atoms with Crippen LogP contribution in [-0.2, 0) is 4.79 Å². The van der Waals surface area contributed by atoms with Crippen molar-refractivity contribution in [2.45, 2.75) is 33.6 Å². The molecular formula is C9H16O. The van der Waals surface area contributed by atoms with Crippen molar-refractivity contribution >= 4 is 6.29 Å². The summed E-state index contributed by atoms with van der Waals surface area (Å²) in [5, 5.41) is 0. The molecule has 0 N–H and O–H groups in total. The Balaban J connectivity index is 4.05. The van der Waals surface area contributed by atoms with Crippen LogP contribution in [0.2, 0.25) is 0 Å². The molecule has 1 unspecified atom stereocenters. The van der Waals surface area contributed by atoms with Crippen LogP contribution in [-0.4, -0.2) is 6.29 Å². The SMILES string of the molecule is CC/C=C(/C=O)C(C)CC. The molecule has 0 saturated carbocycles. The molecule has 0 heterocycles. The van der Waals surface area contributed by atoms with Crippen molar-refractivity contribution in [3.8, 4) is 0 Å². The first-order valence-corrected chi connectivity index (χ1v) is 3.91. The molecule has 0 aliphatic heterocycles. The Labute approximate surface area is 63.1 Å². The zero-order chi connectivity index (χ0) is 7.98. The average Bonchev–Trinajstić information content (AvgIpc) is 1.99. The van der Waals surface area contributed by atoms with Crippen LogP contribution in [0.4, 0.5) is 0 Å². The molecule has 58 valence electrons. The third-order valence-corrected chi connectivity index (χ3v) is 1.76.